The van der Waals surface area contributed by atoms with Gasteiger partial charge in [0, 0.05) is 26.4 Å². The van der Waals surface area contributed by atoms with Crippen LogP contribution in [0.1, 0.15) is 199 Å². The third-order valence-electron chi connectivity index (χ3n) is 16.4. The van der Waals surface area contributed by atoms with Gasteiger partial charge >= 0.3 is 0 Å². The summed E-state index contributed by atoms with van der Waals surface area (Å²) < 4.78 is 0. The predicted molar refractivity (Wildman–Crippen MR) is 581 cm³/mol. The lowest BCUT2D eigenvalue weighted by Gasteiger charge is -2.17. The lowest BCUT2D eigenvalue weighted by atomic mass is 9.90. The molecule has 0 unspecified atom stereocenters. The van der Waals surface area contributed by atoms with E-state index in [1.807, 2.05) is 194 Å². The summed E-state index contributed by atoms with van der Waals surface area (Å²) >= 11 is 0. The first-order valence-corrected chi connectivity index (χ1v) is 59.9. The molecule has 0 radical (unpaired) electrons. The zero-order valence-electron chi connectivity index (χ0n) is 82.9. The third-order valence-corrected chi connectivity index (χ3v) is 18.2. The molecule has 0 amide bonds. The van der Waals surface area contributed by atoms with Crippen LogP contribution in [-0.4, -0.2) is 35.2 Å². The molecule has 0 bridgehead atoms. The first-order valence-electron chi connectivity index (χ1n) is 46.6. The molecule has 0 fully saturated rings. The minimum Gasteiger partial charge on any atom is -0.0724 e. The SMILES string of the molecule is CC.CC.CC.CC.CC.CC.CC.CC.CC.CC.CC.CC.CC.CC.C[SiH](C)C.C[SiH](C)C.C[SiH](C)C.Cc1c2ccccc2c([SiH](C)C)c2cc3ccccc3cc12.c1cc2cccc3c4cccc5cccc(c(c1)c23)c54.c1ccc2c(c1)c1ccccc1c1ccccc21.c1ccc2cc3cc4ccccc4cc3cc2c1. The van der Waals surface area contributed by atoms with E-state index in [0.29, 0.717) is 0 Å². The Morgan fingerprint density at radius 2 is 0.305 bits per heavy atom. The number of hydrogen-bond donors (Lipinski definition) is 0. The molecule has 0 aliphatic heterocycles. The molecule has 17 aromatic carbocycles. The standard InChI is InChI=1S/C21H20Si.C20H12.2C18H12.3C3H10Si.14C2H6/c1-14-17-10-6-7-11-18(17)21(22(2)3)20-13-16-9-5-4-8-15(16)12-19(14)20;1-5-13-6-2-11-17-18-12-4-8-14-7-3-10-16(20(14)18)15(9-1)19(13)17;1-2-8-14-13(7-1)15-9-3-4-11-17(15)18-12-6-5-10-16(14)18;1-2-6-14-10-18-12-16-8-4-3-7-15(16)11-17(18)9-13(14)5-1;3*1-4(2)3;14*1-2/h4-13,22H,1-3H3;1-12H;2*1-12H;3*4H,1-3H3;14*1-2H3. The number of rotatable bonds is 1. The Bertz CT molecular complexity index is 4770. The summed E-state index contributed by atoms with van der Waals surface area (Å²) in [6.07, 6.45) is 0. The lowest BCUT2D eigenvalue weighted by Crippen LogP contribution is -2.25. The summed E-state index contributed by atoms with van der Waals surface area (Å²) in [4.78, 5) is 0. The molecule has 0 aliphatic carbocycles. The Hall–Kier alpha value is -8.75. The van der Waals surface area contributed by atoms with Crippen molar-refractivity contribution in [2.24, 2.45) is 0 Å². The van der Waals surface area contributed by atoms with Crippen LogP contribution in [0.25, 0.3) is 140 Å². The Morgan fingerprint density at radius 1 is 0.144 bits per heavy atom. The molecule has 0 aliphatic rings. The molecule has 17 aromatic rings. The van der Waals surface area contributed by atoms with Gasteiger partial charge in [0.2, 0.25) is 0 Å². The fourth-order valence-electron chi connectivity index (χ4n) is 12.8. The molecule has 0 atom stereocenters. The van der Waals surface area contributed by atoms with E-state index in [2.05, 4.69) is 358 Å². The number of benzene rings is 17. The predicted octanol–water partition coefficient (Wildman–Crippen LogP) is 38.9. The van der Waals surface area contributed by atoms with Crippen molar-refractivity contribution in [2.45, 2.75) is 273 Å². The van der Waals surface area contributed by atoms with Gasteiger partial charge in [0.05, 0.1) is 8.80 Å². The molecular formula is C114H170Si4. The van der Waals surface area contributed by atoms with Crippen molar-refractivity contribution in [3.8, 4) is 0 Å². The van der Waals surface area contributed by atoms with Gasteiger partial charge in [0.15, 0.2) is 0 Å². The van der Waals surface area contributed by atoms with Crippen molar-refractivity contribution < 1.29 is 0 Å². The number of hydrogen-bond acceptors (Lipinski definition) is 0. The van der Waals surface area contributed by atoms with Gasteiger partial charge < -0.3 is 0 Å². The van der Waals surface area contributed by atoms with Crippen LogP contribution in [0.2, 0.25) is 72.0 Å². The van der Waals surface area contributed by atoms with Gasteiger partial charge in [0.1, 0.15) is 0 Å². The van der Waals surface area contributed by atoms with E-state index in [4.69, 9.17) is 0 Å². The quantitative estimate of drug-likeness (QED) is 0.0873. The fraction of sp³-hybridized carbons (Fsp3) is 0.351. The van der Waals surface area contributed by atoms with Crippen molar-refractivity contribution in [2.75, 3.05) is 0 Å². The average molecular weight is 1650 g/mol. The highest BCUT2D eigenvalue weighted by molar-refractivity contribution is 6.76. The van der Waals surface area contributed by atoms with Crippen LogP contribution in [0, 0.1) is 6.92 Å². The second-order valence-electron chi connectivity index (χ2n) is 26.5. The van der Waals surface area contributed by atoms with E-state index in [1.54, 1.807) is 5.19 Å². The summed E-state index contributed by atoms with van der Waals surface area (Å²) in [6, 6.07) is 101. The average Bonchev–Trinajstić information content (AvgIpc) is 0.732. The van der Waals surface area contributed by atoms with Gasteiger partial charge in [-0.15, -0.1) is 0 Å². The number of fused-ring (bicyclic) bond motifs is 14. The summed E-state index contributed by atoms with van der Waals surface area (Å²) in [5, 5.41) is 36.8. The van der Waals surface area contributed by atoms with Crippen LogP contribution in [0.5, 0.6) is 0 Å². The third kappa shape index (κ3) is 34.2. The van der Waals surface area contributed by atoms with Gasteiger partial charge in [-0.05, 0) is 194 Å². The Labute approximate surface area is 732 Å². The normalized spacial score (nSPS) is 9.32. The van der Waals surface area contributed by atoms with E-state index >= 15 is 0 Å². The molecule has 0 heterocycles. The molecule has 4 heteroatoms. The van der Waals surface area contributed by atoms with Crippen molar-refractivity contribution in [3.05, 3.63) is 285 Å². The maximum absolute atomic E-state index is 2.44. The first kappa shape index (κ1) is 116. The number of aryl methyl sites for hydroxylation is 1. The van der Waals surface area contributed by atoms with Crippen molar-refractivity contribution in [1.82, 2.24) is 0 Å². The minimum atomic E-state index is -0.930. The van der Waals surface area contributed by atoms with Gasteiger partial charge in [-0.2, -0.15) is 0 Å². The van der Waals surface area contributed by atoms with Crippen molar-refractivity contribution in [1.29, 1.82) is 0 Å². The molecule has 0 saturated carbocycles. The van der Waals surface area contributed by atoms with Crippen molar-refractivity contribution >= 4 is 180 Å². The topological polar surface area (TPSA) is 0 Å². The van der Waals surface area contributed by atoms with Gasteiger partial charge in [-0.25, -0.2) is 0 Å². The maximum atomic E-state index is 2.44. The monoisotopic (exact) mass is 1650 g/mol. The summed E-state index contributed by atoms with van der Waals surface area (Å²) in [5.41, 5.74) is 1.41. The van der Waals surface area contributed by atoms with Crippen molar-refractivity contribution in [3.63, 3.8) is 0 Å². The molecule has 0 saturated heterocycles. The minimum absolute atomic E-state index is 0.139. The first-order chi connectivity index (χ1) is 57.6. The Kier molecular flexibility index (Phi) is 68.7. The lowest BCUT2D eigenvalue weighted by molar-refractivity contribution is 1.50. The second kappa shape index (κ2) is 70.1. The zero-order chi connectivity index (χ0) is 91.0. The summed E-state index contributed by atoms with van der Waals surface area (Å²) in [6.45, 7) is 83.9. The molecule has 118 heavy (non-hydrogen) atoms. The van der Waals surface area contributed by atoms with Gasteiger partial charge in [0.25, 0.3) is 0 Å². The molecule has 0 spiro atoms. The molecule has 0 N–H and O–H groups in total. The molecule has 17 rings (SSSR count). The smallest absolute Gasteiger partial charge is 0.0663 e. The van der Waals surface area contributed by atoms with Gasteiger partial charge in [-0.3, -0.25) is 0 Å². The van der Waals surface area contributed by atoms with E-state index in [0.717, 1.165) is 0 Å². The van der Waals surface area contributed by atoms with E-state index < -0.39 is 8.80 Å². The van der Waals surface area contributed by atoms with Crippen LogP contribution < -0.4 is 5.19 Å². The van der Waals surface area contributed by atoms with E-state index in [9.17, 15) is 0 Å². The largest absolute Gasteiger partial charge is 0.0724 e. The van der Waals surface area contributed by atoms with Crippen LogP contribution >= 0.6 is 0 Å². The van der Waals surface area contributed by atoms with Crippen LogP contribution in [-0.2, 0) is 0 Å². The Morgan fingerprint density at radius 3 is 0.517 bits per heavy atom. The fourth-order valence-corrected chi connectivity index (χ4v) is 14.5. The zero-order valence-corrected chi connectivity index (χ0v) is 87.5. The molecular weight excluding hydrogens is 1480 g/mol. The van der Waals surface area contributed by atoms with Crippen LogP contribution in [0.4, 0.5) is 0 Å². The molecule has 0 nitrogen and oxygen atoms in total. The summed E-state index contributed by atoms with van der Waals surface area (Å²) in [7, 11) is -1.35. The maximum Gasteiger partial charge on any atom is 0.0663 e. The van der Waals surface area contributed by atoms with Gasteiger partial charge in [-0.1, -0.05) is 509 Å². The Balaban J connectivity index is -0.000000641. The van der Waals surface area contributed by atoms with Crippen LogP contribution in [0.3, 0.4) is 0 Å². The van der Waals surface area contributed by atoms with E-state index in [1.165, 1.54) is 146 Å². The summed E-state index contributed by atoms with van der Waals surface area (Å²) in [5.74, 6) is 0. The molecule has 642 valence electrons. The highest BCUT2D eigenvalue weighted by atomic mass is 28.3. The highest BCUT2D eigenvalue weighted by Gasteiger charge is 2.16. The van der Waals surface area contributed by atoms with Crippen LogP contribution in [0.15, 0.2) is 279 Å². The highest BCUT2D eigenvalue weighted by Crippen LogP contribution is 2.40. The van der Waals surface area contributed by atoms with E-state index in [-0.39, 0.29) is 26.4 Å². The molecule has 0 aromatic heterocycles. The second-order valence-corrected chi connectivity index (χ2v) is 39.8.